The highest BCUT2D eigenvalue weighted by atomic mass is 15.2. The summed E-state index contributed by atoms with van der Waals surface area (Å²) in [5, 5.41) is 0. The normalized spacial score (nSPS) is 17.0. The van der Waals surface area contributed by atoms with Crippen molar-refractivity contribution < 1.29 is 0 Å². The molecule has 1 rings (SSSR count). The first-order chi connectivity index (χ1) is 9.20. The quantitative estimate of drug-likeness (QED) is 0.858. The average molecular weight is 276 g/mol. The average Bonchev–Trinajstić information content (AvgIpc) is 2.43. The lowest BCUT2D eigenvalue weighted by Crippen LogP contribution is -2.56. The van der Waals surface area contributed by atoms with E-state index in [2.05, 4.69) is 76.9 Å². The van der Waals surface area contributed by atoms with Crippen LogP contribution >= 0.6 is 0 Å². The van der Waals surface area contributed by atoms with Crippen LogP contribution in [-0.4, -0.2) is 30.1 Å². The van der Waals surface area contributed by atoms with Crippen LogP contribution in [0.15, 0.2) is 30.3 Å². The summed E-state index contributed by atoms with van der Waals surface area (Å²) >= 11 is 0. The summed E-state index contributed by atoms with van der Waals surface area (Å²) in [6.07, 6.45) is 2.17. The minimum atomic E-state index is 0.0442. The first kappa shape index (κ1) is 17.2. The number of hydrogen-bond donors (Lipinski definition) is 1. The van der Waals surface area contributed by atoms with Gasteiger partial charge in [-0.3, -0.25) is 4.90 Å². The van der Waals surface area contributed by atoms with Crippen LogP contribution < -0.4 is 5.73 Å². The van der Waals surface area contributed by atoms with Crippen LogP contribution in [0.1, 0.15) is 46.6 Å². The smallest absolute Gasteiger partial charge is 0.0306 e. The third kappa shape index (κ3) is 4.32. The van der Waals surface area contributed by atoms with Crippen LogP contribution in [-0.2, 0) is 6.42 Å². The van der Waals surface area contributed by atoms with Gasteiger partial charge in [0.15, 0.2) is 0 Å². The molecule has 1 aromatic carbocycles. The zero-order valence-electron chi connectivity index (χ0n) is 14.1. The van der Waals surface area contributed by atoms with E-state index in [9.17, 15) is 0 Å². The van der Waals surface area contributed by atoms with Crippen molar-refractivity contribution in [2.24, 2.45) is 11.1 Å². The molecule has 0 saturated heterocycles. The molecule has 2 N–H and O–H groups in total. The van der Waals surface area contributed by atoms with Crippen LogP contribution in [0.4, 0.5) is 0 Å². The number of aryl methyl sites for hydroxylation is 1. The highest BCUT2D eigenvalue weighted by Gasteiger charge is 2.35. The summed E-state index contributed by atoms with van der Waals surface area (Å²) in [4.78, 5) is 2.47. The topological polar surface area (TPSA) is 29.3 Å². The van der Waals surface area contributed by atoms with E-state index in [1.54, 1.807) is 0 Å². The molecule has 0 aliphatic heterocycles. The van der Waals surface area contributed by atoms with Crippen molar-refractivity contribution in [3.63, 3.8) is 0 Å². The summed E-state index contributed by atoms with van der Waals surface area (Å²) in [6.45, 7) is 12.2. The van der Waals surface area contributed by atoms with Crippen LogP contribution in [0, 0.1) is 5.41 Å². The van der Waals surface area contributed by atoms with E-state index in [-0.39, 0.29) is 11.0 Å². The third-order valence-electron chi connectivity index (χ3n) is 4.92. The van der Waals surface area contributed by atoms with Crippen molar-refractivity contribution in [2.45, 2.75) is 59.0 Å². The molecular weight excluding hydrogens is 244 g/mol. The number of hydrogen-bond acceptors (Lipinski definition) is 2. The fourth-order valence-electron chi connectivity index (χ4n) is 2.53. The summed E-state index contributed by atoms with van der Waals surface area (Å²) in [7, 11) is 2.22. The van der Waals surface area contributed by atoms with Crippen LogP contribution in [0.5, 0.6) is 0 Å². The minimum Gasteiger partial charge on any atom is -0.329 e. The van der Waals surface area contributed by atoms with Crippen molar-refractivity contribution in [2.75, 3.05) is 13.6 Å². The largest absolute Gasteiger partial charge is 0.329 e. The van der Waals surface area contributed by atoms with Gasteiger partial charge in [-0.15, -0.1) is 0 Å². The summed E-state index contributed by atoms with van der Waals surface area (Å²) in [5.74, 6) is 0. The van der Waals surface area contributed by atoms with Crippen LogP contribution in [0.2, 0.25) is 0 Å². The van der Waals surface area contributed by atoms with Crippen molar-refractivity contribution >= 4 is 0 Å². The zero-order chi connectivity index (χ0) is 15.4. The Labute approximate surface area is 125 Å². The van der Waals surface area contributed by atoms with Gasteiger partial charge in [0.2, 0.25) is 0 Å². The summed E-state index contributed by atoms with van der Waals surface area (Å²) in [5.41, 5.74) is 7.81. The Kier molecular flexibility index (Phi) is 5.79. The van der Waals surface area contributed by atoms with Gasteiger partial charge in [-0.05, 0) is 44.7 Å². The van der Waals surface area contributed by atoms with E-state index in [0.29, 0.717) is 12.6 Å². The lowest BCUT2D eigenvalue weighted by Gasteiger charge is -2.46. The molecule has 20 heavy (non-hydrogen) atoms. The van der Waals surface area contributed by atoms with E-state index in [1.165, 1.54) is 5.56 Å². The summed E-state index contributed by atoms with van der Waals surface area (Å²) in [6, 6.07) is 11.2. The van der Waals surface area contributed by atoms with Gasteiger partial charge in [-0.2, -0.15) is 0 Å². The molecule has 0 bridgehead atoms. The number of nitrogens with two attached hydrogens (primary N) is 1. The van der Waals surface area contributed by atoms with E-state index in [0.717, 1.165) is 12.8 Å². The van der Waals surface area contributed by atoms with E-state index in [1.807, 2.05) is 0 Å². The van der Waals surface area contributed by atoms with Gasteiger partial charge in [-0.1, -0.05) is 51.1 Å². The first-order valence-corrected chi connectivity index (χ1v) is 7.67. The predicted molar refractivity (Wildman–Crippen MR) is 88.9 cm³/mol. The molecule has 0 spiro atoms. The van der Waals surface area contributed by atoms with Gasteiger partial charge in [-0.25, -0.2) is 0 Å². The Morgan fingerprint density at radius 2 is 1.65 bits per heavy atom. The van der Waals surface area contributed by atoms with Gasteiger partial charge < -0.3 is 5.73 Å². The van der Waals surface area contributed by atoms with Gasteiger partial charge in [0.05, 0.1) is 0 Å². The number of likely N-dealkylation sites (N-methyl/N-ethyl adjacent to an activating group) is 1. The molecule has 0 amide bonds. The fourth-order valence-corrected chi connectivity index (χ4v) is 2.53. The lowest BCUT2D eigenvalue weighted by molar-refractivity contribution is 0.0373. The standard InChI is InChI=1S/C18H32N2/c1-15(17(2,3)4)20(6)18(5,14-19)13-12-16-10-8-7-9-11-16/h7-11,15H,12-14,19H2,1-6H3. The van der Waals surface area contributed by atoms with E-state index in [4.69, 9.17) is 5.73 Å². The Morgan fingerprint density at radius 3 is 2.10 bits per heavy atom. The molecule has 0 aliphatic carbocycles. The zero-order valence-corrected chi connectivity index (χ0v) is 14.1. The monoisotopic (exact) mass is 276 g/mol. The predicted octanol–water partition coefficient (Wildman–Crippen LogP) is 3.70. The Hall–Kier alpha value is -0.860. The first-order valence-electron chi connectivity index (χ1n) is 7.67. The third-order valence-corrected chi connectivity index (χ3v) is 4.92. The number of rotatable bonds is 6. The van der Waals surface area contributed by atoms with Gasteiger partial charge in [0.25, 0.3) is 0 Å². The maximum atomic E-state index is 6.11. The summed E-state index contributed by atoms with van der Waals surface area (Å²) < 4.78 is 0. The molecule has 1 aromatic rings. The SMILES string of the molecule is CC(N(C)C(C)(CN)CCc1ccccc1)C(C)(C)C. The van der Waals surface area contributed by atoms with Crippen LogP contribution in [0.25, 0.3) is 0 Å². The molecule has 2 atom stereocenters. The van der Waals surface area contributed by atoms with Crippen LogP contribution in [0.3, 0.4) is 0 Å². The molecule has 2 nitrogen and oxygen atoms in total. The second-order valence-electron chi connectivity index (χ2n) is 7.34. The molecule has 0 aliphatic rings. The molecular formula is C18H32N2. The number of nitrogens with zero attached hydrogens (tertiary/aromatic N) is 1. The van der Waals surface area contributed by atoms with Crippen molar-refractivity contribution in [1.29, 1.82) is 0 Å². The minimum absolute atomic E-state index is 0.0442. The van der Waals surface area contributed by atoms with Gasteiger partial charge >= 0.3 is 0 Å². The number of benzene rings is 1. The molecule has 0 aromatic heterocycles. The Morgan fingerprint density at radius 1 is 1.10 bits per heavy atom. The lowest BCUT2D eigenvalue weighted by atomic mass is 9.82. The Bertz CT molecular complexity index is 394. The maximum Gasteiger partial charge on any atom is 0.0306 e. The van der Waals surface area contributed by atoms with E-state index >= 15 is 0 Å². The highest BCUT2D eigenvalue weighted by molar-refractivity contribution is 5.15. The van der Waals surface area contributed by atoms with E-state index < -0.39 is 0 Å². The van der Waals surface area contributed by atoms with Crippen molar-refractivity contribution in [1.82, 2.24) is 4.90 Å². The second-order valence-corrected chi connectivity index (χ2v) is 7.34. The van der Waals surface area contributed by atoms with Crippen molar-refractivity contribution in [3.05, 3.63) is 35.9 Å². The van der Waals surface area contributed by atoms with Gasteiger partial charge in [0.1, 0.15) is 0 Å². The highest BCUT2D eigenvalue weighted by Crippen LogP contribution is 2.30. The fraction of sp³-hybridized carbons (Fsp3) is 0.667. The molecule has 0 saturated carbocycles. The molecule has 0 fully saturated rings. The Balaban J connectivity index is 2.76. The maximum absolute atomic E-state index is 6.11. The molecule has 114 valence electrons. The second kappa shape index (κ2) is 6.73. The molecule has 0 heterocycles. The molecule has 2 unspecified atom stereocenters. The molecule has 2 heteroatoms. The molecule has 0 radical (unpaired) electrons. The van der Waals surface area contributed by atoms with Gasteiger partial charge in [0, 0.05) is 18.1 Å². The van der Waals surface area contributed by atoms with Crippen molar-refractivity contribution in [3.8, 4) is 0 Å².